The first kappa shape index (κ1) is 13.6. The van der Waals surface area contributed by atoms with Crippen LogP contribution in [-0.2, 0) is 14.4 Å². The first-order chi connectivity index (χ1) is 8.70. The lowest BCUT2D eigenvalue weighted by atomic mass is 10.1. The fraction of sp³-hybridized carbons (Fsp3) is 0.700. The summed E-state index contributed by atoms with van der Waals surface area (Å²) in [6.45, 7) is -0.403. The Labute approximate surface area is 105 Å². The maximum atomic E-state index is 12.1. The quantitative estimate of drug-likeness (QED) is 0.753. The van der Waals surface area contributed by atoms with Crippen molar-refractivity contribution in [3.05, 3.63) is 0 Å². The summed E-state index contributed by atoms with van der Waals surface area (Å²) < 4.78 is 36.4. The molecule has 2 aliphatic rings. The fourth-order valence-corrected chi connectivity index (χ4v) is 2.25. The first-order valence-corrected chi connectivity index (χ1v) is 5.58. The average Bonchev–Trinajstić information content (AvgIpc) is 2.57. The lowest BCUT2D eigenvalue weighted by Gasteiger charge is -2.44. The highest BCUT2D eigenvalue weighted by Crippen LogP contribution is 2.28. The summed E-state index contributed by atoms with van der Waals surface area (Å²) in [6, 6.07) is -0.511. The second-order valence-electron chi connectivity index (χ2n) is 4.65. The Kier molecular flexibility index (Phi) is 3.15. The van der Waals surface area contributed by atoms with Gasteiger partial charge < -0.3 is 14.9 Å². The molecular weight excluding hydrogens is 269 g/mol. The number of alkyl halides is 3. The Morgan fingerprint density at radius 3 is 2.21 bits per heavy atom. The van der Waals surface area contributed by atoms with Gasteiger partial charge in [0.15, 0.2) is 0 Å². The Balaban J connectivity index is 1.90. The fourth-order valence-electron chi connectivity index (χ4n) is 2.25. The van der Waals surface area contributed by atoms with Gasteiger partial charge in [0, 0.05) is 26.1 Å². The van der Waals surface area contributed by atoms with E-state index in [-0.39, 0.29) is 26.1 Å². The van der Waals surface area contributed by atoms with Crippen LogP contribution >= 0.6 is 0 Å². The van der Waals surface area contributed by atoms with Gasteiger partial charge in [0.25, 0.3) is 0 Å². The van der Waals surface area contributed by atoms with E-state index in [1.165, 1.54) is 4.90 Å². The van der Waals surface area contributed by atoms with E-state index >= 15 is 0 Å². The summed E-state index contributed by atoms with van der Waals surface area (Å²) in [6.07, 6.45) is -5.05. The van der Waals surface area contributed by atoms with Gasteiger partial charge in [-0.25, -0.2) is 0 Å². The zero-order chi connectivity index (χ0) is 14.4. The highest BCUT2D eigenvalue weighted by Gasteiger charge is 2.49. The van der Waals surface area contributed by atoms with E-state index in [0.29, 0.717) is 4.90 Å². The molecule has 0 saturated carbocycles. The van der Waals surface area contributed by atoms with Crippen molar-refractivity contribution in [2.45, 2.75) is 18.6 Å². The van der Waals surface area contributed by atoms with E-state index < -0.39 is 35.9 Å². The Morgan fingerprint density at radius 2 is 1.79 bits per heavy atom. The van der Waals surface area contributed by atoms with E-state index in [2.05, 4.69) is 0 Å². The minimum Gasteiger partial charge on any atom is -0.481 e. The standard InChI is InChI=1S/C10H11F3N2O4/c11-10(12,13)9(19)14-3-6(4-14)15-2-5(8(17)18)1-7(15)16/h5-6H,1-4H2,(H,17,18). The van der Waals surface area contributed by atoms with Crippen molar-refractivity contribution < 1.29 is 32.7 Å². The number of carboxylic acids is 1. The molecular formula is C10H11F3N2O4. The highest BCUT2D eigenvalue weighted by molar-refractivity contribution is 5.87. The monoisotopic (exact) mass is 280 g/mol. The molecule has 0 aromatic heterocycles. The van der Waals surface area contributed by atoms with Crippen LogP contribution in [0.4, 0.5) is 13.2 Å². The molecule has 0 aromatic carbocycles. The largest absolute Gasteiger partial charge is 0.481 e. The molecule has 0 radical (unpaired) electrons. The summed E-state index contributed by atoms with van der Waals surface area (Å²) in [5.41, 5.74) is 0. The molecule has 0 aliphatic carbocycles. The molecule has 106 valence electrons. The van der Waals surface area contributed by atoms with E-state index in [1.807, 2.05) is 0 Å². The van der Waals surface area contributed by atoms with Crippen LogP contribution in [0.3, 0.4) is 0 Å². The Hall–Kier alpha value is -1.80. The molecule has 9 heteroatoms. The number of carbonyl (C=O) groups is 3. The predicted octanol–water partition coefficient (Wildman–Crippen LogP) is -0.307. The third-order valence-corrected chi connectivity index (χ3v) is 3.34. The lowest BCUT2D eigenvalue weighted by Crippen LogP contribution is -2.63. The Bertz CT molecular complexity index is 431. The summed E-state index contributed by atoms with van der Waals surface area (Å²) in [5.74, 6) is -4.24. The summed E-state index contributed by atoms with van der Waals surface area (Å²) in [7, 11) is 0. The SMILES string of the molecule is O=C(O)C1CC(=O)N(C2CN(C(=O)C(F)(F)F)C2)C1. The molecule has 2 heterocycles. The molecule has 1 atom stereocenters. The minimum atomic E-state index is -4.91. The minimum absolute atomic E-state index is 0.00706. The molecule has 2 aliphatic heterocycles. The normalized spacial score (nSPS) is 24.6. The van der Waals surface area contributed by atoms with Gasteiger partial charge in [-0.05, 0) is 0 Å². The number of amides is 2. The van der Waals surface area contributed by atoms with Crippen molar-refractivity contribution >= 4 is 17.8 Å². The molecule has 0 bridgehead atoms. The van der Waals surface area contributed by atoms with Gasteiger partial charge in [-0.15, -0.1) is 0 Å². The van der Waals surface area contributed by atoms with Gasteiger partial charge in [0.2, 0.25) is 5.91 Å². The molecule has 6 nitrogen and oxygen atoms in total. The van der Waals surface area contributed by atoms with Gasteiger partial charge in [0.05, 0.1) is 12.0 Å². The molecule has 2 fully saturated rings. The summed E-state index contributed by atoms with van der Waals surface area (Å²) in [4.78, 5) is 35.0. The van der Waals surface area contributed by atoms with Crippen molar-refractivity contribution in [3.8, 4) is 0 Å². The zero-order valence-corrected chi connectivity index (χ0v) is 9.68. The molecule has 0 aromatic rings. The van der Waals surface area contributed by atoms with Crippen molar-refractivity contribution in [3.63, 3.8) is 0 Å². The molecule has 2 saturated heterocycles. The topological polar surface area (TPSA) is 77.9 Å². The van der Waals surface area contributed by atoms with Crippen molar-refractivity contribution in [1.82, 2.24) is 9.80 Å². The molecule has 1 N–H and O–H groups in total. The van der Waals surface area contributed by atoms with Gasteiger partial charge in [-0.3, -0.25) is 14.4 Å². The molecule has 19 heavy (non-hydrogen) atoms. The lowest BCUT2D eigenvalue weighted by molar-refractivity contribution is -0.192. The summed E-state index contributed by atoms with van der Waals surface area (Å²) >= 11 is 0. The van der Waals surface area contributed by atoms with Gasteiger partial charge >= 0.3 is 18.1 Å². The van der Waals surface area contributed by atoms with Crippen molar-refractivity contribution in [1.29, 1.82) is 0 Å². The third-order valence-electron chi connectivity index (χ3n) is 3.34. The number of carbonyl (C=O) groups excluding carboxylic acids is 2. The highest BCUT2D eigenvalue weighted by atomic mass is 19.4. The van der Waals surface area contributed by atoms with Gasteiger partial charge in [-0.2, -0.15) is 13.2 Å². The number of carboxylic acid groups (broad SMARTS) is 1. The maximum Gasteiger partial charge on any atom is 0.471 e. The molecule has 1 unspecified atom stereocenters. The number of likely N-dealkylation sites (tertiary alicyclic amines) is 2. The van der Waals surface area contributed by atoms with Crippen LogP contribution in [0.25, 0.3) is 0 Å². The van der Waals surface area contributed by atoms with Crippen molar-refractivity contribution in [2.24, 2.45) is 5.92 Å². The maximum absolute atomic E-state index is 12.1. The number of halogens is 3. The van der Waals surface area contributed by atoms with Crippen molar-refractivity contribution in [2.75, 3.05) is 19.6 Å². The van der Waals surface area contributed by atoms with Crippen LogP contribution < -0.4 is 0 Å². The van der Waals surface area contributed by atoms with E-state index in [9.17, 15) is 27.6 Å². The van der Waals surface area contributed by atoms with Crippen LogP contribution in [0, 0.1) is 5.92 Å². The van der Waals surface area contributed by atoms with E-state index in [1.54, 1.807) is 0 Å². The third kappa shape index (κ3) is 2.49. The smallest absolute Gasteiger partial charge is 0.471 e. The molecule has 2 rings (SSSR count). The van der Waals surface area contributed by atoms with E-state index in [4.69, 9.17) is 5.11 Å². The van der Waals surface area contributed by atoms with Crippen LogP contribution in [-0.4, -0.2) is 64.5 Å². The van der Waals surface area contributed by atoms with Crippen LogP contribution in [0.15, 0.2) is 0 Å². The van der Waals surface area contributed by atoms with Crippen LogP contribution in [0.1, 0.15) is 6.42 Å². The number of nitrogens with zero attached hydrogens (tertiary/aromatic N) is 2. The average molecular weight is 280 g/mol. The van der Waals surface area contributed by atoms with Crippen LogP contribution in [0.2, 0.25) is 0 Å². The van der Waals surface area contributed by atoms with Gasteiger partial charge in [0.1, 0.15) is 0 Å². The second kappa shape index (κ2) is 4.39. The predicted molar refractivity (Wildman–Crippen MR) is 53.9 cm³/mol. The Morgan fingerprint density at radius 1 is 1.21 bits per heavy atom. The molecule has 2 amide bonds. The number of aliphatic carboxylic acids is 1. The zero-order valence-electron chi connectivity index (χ0n) is 9.68. The van der Waals surface area contributed by atoms with Crippen LogP contribution in [0.5, 0.6) is 0 Å². The number of hydrogen-bond acceptors (Lipinski definition) is 3. The number of rotatable bonds is 2. The second-order valence-corrected chi connectivity index (χ2v) is 4.65. The molecule has 0 spiro atoms. The summed E-state index contributed by atoms with van der Waals surface area (Å²) in [5, 5.41) is 8.78. The first-order valence-electron chi connectivity index (χ1n) is 5.58. The van der Waals surface area contributed by atoms with Gasteiger partial charge in [-0.1, -0.05) is 0 Å². The van der Waals surface area contributed by atoms with E-state index in [0.717, 1.165) is 0 Å². The number of hydrogen-bond donors (Lipinski definition) is 1.